The molecule has 3 aromatic rings. The van der Waals surface area contributed by atoms with Crippen LogP contribution in [0.5, 0.6) is 0 Å². The van der Waals surface area contributed by atoms with Gasteiger partial charge < -0.3 is 9.52 Å². The van der Waals surface area contributed by atoms with E-state index in [9.17, 15) is 9.18 Å². The Balaban J connectivity index is 1.35. The van der Waals surface area contributed by atoms with E-state index in [1.54, 1.807) is 11.4 Å². The van der Waals surface area contributed by atoms with E-state index >= 15 is 0 Å². The first kappa shape index (κ1) is 18.8. The Morgan fingerprint density at radius 1 is 1.39 bits per heavy atom. The summed E-state index contributed by atoms with van der Waals surface area (Å²) in [6.07, 6.45) is 1.87. The van der Waals surface area contributed by atoms with Crippen LogP contribution in [0.25, 0.3) is 11.3 Å². The van der Waals surface area contributed by atoms with Crippen molar-refractivity contribution in [2.24, 2.45) is 5.92 Å². The Labute approximate surface area is 166 Å². The first-order valence-corrected chi connectivity index (χ1v) is 10.1. The van der Waals surface area contributed by atoms with Crippen LogP contribution in [0.1, 0.15) is 33.2 Å². The Morgan fingerprint density at radius 3 is 3.00 bits per heavy atom. The molecule has 0 spiro atoms. The van der Waals surface area contributed by atoms with Gasteiger partial charge in [-0.2, -0.15) is 0 Å². The Hall–Kier alpha value is -2.51. The van der Waals surface area contributed by atoms with Gasteiger partial charge in [-0.3, -0.25) is 4.90 Å². The molecule has 146 valence electrons. The van der Waals surface area contributed by atoms with Crippen LogP contribution in [-0.2, 0) is 13.0 Å². The molecule has 0 saturated carbocycles. The summed E-state index contributed by atoms with van der Waals surface area (Å²) in [5.74, 6) is 0.906. The van der Waals surface area contributed by atoms with E-state index < -0.39 is 5.97 Å². The molecule has 1 unspecified atom stereocenters. The highest BCUT2D eigenvalue weighted by molar-refractivity contribution is 7.09. The molecule has 0 amide bonds. The van der Waals surface area contributed by atoms with E-state index in [1.165, 1.54) is 23.5 Å². The number of aromatic carboxylic acids is 1. The van der Waals surface area contributed by atoms with E-state index in [1.807, 2.05) is 19.1 Å². The van der Waals surface area contributed by atoms with Gasteiger partial charge in [0.15, 0.2) is 5.69 Å². The molecule has 0 aliphatic carbocycles. The zero-order valence-electron chi connectivity index (χ0n) is 15.5. The van der Waals surface area contributed by atoms with Crippen LogP contribution in [0.15, 0.2) is 40.1 Å². The number of hydrogen-bond acceptors (Lipinski definition) is 5. The van der Waals surface area contributed by atoms with Gasteiger partial charge in [0, 0.05) is 23.9 Å². The Bertz CT molecular complexity index is 997. The number of hydrogen-bond donors (Lipinski definition) is 1. The zero-order valence-corrected chi connectivity index (χ0v) is 16.3. The maximum atomic E-state index is 13.3. The van der Waals surface area contributed by atoms with Gasteiger partial charge in [-0.05, 0) is 61.7 Å². The van der Waals surface area contributed by atoms with Crippen molar-refractivity contribution in [3.05, 3.63) is 63.6 Å². The molecule has 3 heterocycles. The lowest BCUT2D eigenvalue weighted by molar-refractivity contribution is 0.0691. The van der Waals surface area contributed by atoms with Crippen molar-refractivity contribution in [3.8, 4) is 11.3 Å². The second-order valence-electron chi connectivity index (χ2n) is 7.25. The maximum absolute atomic E-state index is 13.3. The quantitative estimate of drug-likeness (QED) is 0.654. The van der Waals surface area contributed by atoms with Gasteiger partial charge in [-0.1, -0.05) is 0 Å². The third-order valence-corrected chi connectivity index (χ3v) is 5.97. The molecule has 0 radical (unpaired) electrons. The van der Waals surface area contributed by atoms with E-state index in [0.29, 0.717) is 5.92 Å². The van der Waals surface area contributed by atoms with Crippen molar-refractivity contribution < 1.29 is 18.7 Å². The fourth-order valence-corrected chi connectivity index (χ4v) is 4.59. The first-order chi connectivity index (χ1) is 13.5. The Kier molecular flexibility index (Phi) is 5.28. The number of nitrogens with zero attached hydrogens (tertiary/aromatic N) is 2. The second-order valence-corrected chi connectivity index (χ2v) is 8.19. The van der Waals surface area contributed by atoms with Gasteiger partial charge in [0.1, 0.15) is 17.3 Å². The van der Waals surface area contributed by atoms with Gasteiger partial charge in [-0.25, -0.2) is 14.2 Å². The van der Waals surface area contributed by atoms with E-state index in [-0.39, 0.29) is 11.5 Å². The number of carboxylic acid groups (broad SMARTS) is 1. The monoisotopic (exact) mass is 400 g/mol. The average molecular weight is 400 g/mol. The summed E-state index contributed by atoms with van der Waals surface area (Å²) in [5.41, 5.74) is 1.89. The predicted molar refractivity (Wildman–Crippen MR) is 105 cm³/mol. The highest BCUT2D eigenvalue weighted by atomic mass is 32.1. The minimum absolute atomic E-state index is 0.133. The fraction of sp³-hybridized carbons (Fsp3) is 0.333. The summed E-state index contributed by atoms with van der Waals surface area (Å²) in [6, 6.07) is 8.62. The van der Waals surface area contributed by atoms with Crippen molar-refractivity contribution in [1.29, 1.82) is 0 Å². The summed E-state index contributed by atoms with van der Waals surface area (Å²) >= 11 is 1.42. The molecule has 2 aromatic heterocycles. The first-order valence-electron chi connectivity index (χ1n) is 9.23. The third kappa shape index (κ3) is 4.15. The van der Waals surface area contributed by atoms with Crippen molar-refractivity contribution in [2.75, 3.05) is 13.1 Å². The second kappa shape index (κ2) is 7.85. The van der Waals surface area contributed by atoms with Gasteiger partial charge in [0.05, 0.1) is 11.6 Å². The third-order valence-electron chi connectivity index (χ3n) is 5.10. The van der Waals surface area contributed by atoms with E-state index in [2.05, 4.69) is 9.88 Å². The zero-order chi connectivity index (χ0) is 19.7. The molecule has 7 heteroatoms. The number of thiazole rings is 1. The van der Waals surface area contributed by atoms with E-state index in [0.717, 1.165) is 60.1 Å². The summed E-state index contributed by atoms with van der Waals surface area (Å²) in [6.45, 7) is 4.52. The molecular weight excluding hydrogens is 379 g/mol. The van der Waals surface area contributed by atoms with Crippen LogP contribution in [0.2, 0.25) is 0 Å². The molecule has 1 aromatic carbocycles. The number of benzene rings is 1. The standard InChI is InChI=1S/C21H21FN2O3S/c1-13-8-15(22)2-4-17(13)19-5-3-16(27-19)11-24-7-6-14(10-24)9-20-23-18(12-28-20)21(25)26/h2-5,8,12,14H,6-7,9-11H2,1H3,(H,25,26). The van der Waals surface area contributed by atoms with Crippen LogP contribution in [-0.4, -0.2) is 34.0 Å². The number of rotatable bonds is 6. The van der Waals surface area contributed by atoms with Crippen LogP contribution in [0.3, 0.4) is 0 Å². The molecule has 1 aliphatic rings. The van der Waals surface area contributed by atoms with Gasteiger partial charge in [0.2, 0.25) is 0 Å². The molecule has 5 nitrogen and oxygen atoms in total. The van der Waals surface area contributed by atoms with Crippen molar-refractivity contribution >= 4 is 17.3 Å². The minimum Gasteiger partial charge on any atom is -0.476 e. The topological polar surface area (TPSA) is 66.6 Å². The van der Waals surface area contributed by atoms with Crippen molar-refractivity contribution in [3.63, 3.8) is 0 Å². The normalized spacial score (nSPS) is 17.3. The van der Waals surface area contributed by atoms with Crippen LogP contribution < -0.4 is 0 Å². The lowest BCUT2D eigenvalue weighted by Crippen LogP contribution is -2.20. The number of carboxylic acids is 1. The molecule has 1 atom stereocenters. The smallest absolute Gasteiger partial charge is 0.355 e. The number of aromatic nitrogens is 1. The molecule has 0 bridgehead atoms. The maximum Gasteiger partial charge on any atom is 0.355 e. The molecule has 28 heavy (non-hydrogen) atoms. The van der Waals surface area contributed by atoms with Crippen LogP contribution in [0, 0.1) is 18.7 Å². The number of likely N-dealkylation sites (tertiary alicyclic amines) is 1. The molecule has 1 saturated heterocycles. The predicted octanol–water partition coefficient (Wildman–Crippen LogP) is 4.61. The Morgan fingerprint density at radius 2 is 2.25 bits per heavy atom. The van der Waals surface area contributed by atoms with Crippen molar-refractivity contribution in [2.45, 2.75) is 26.3 Å². The fourth-order valence-electron chi connectivity index (χ4n) is 3.70. The number of aryl methyl sites for hydroxylation is 1. The summed E-state index contributed by atoms with van der Waals surface area (Å²) in [4.78, 5) is 17.5. The largest absolute Gasteiger partial charge is 0.476 e. The van der Waals surface area contributed by atoms with Crippen molar-refractivity contribution in [1.82, 2.24) is 9.88 Å². The van der Waals surface area contributed by atoms with Crippen LogP contribution in [0.4, 0.5) is 4.39 Å². The molecule has 1 N–H and O–H groups in total. The van der Waals surface area contributed by atoms with E-state index in [4.69, 9.17) is 9.52 Å². The van der Waals surface area contributed by atoms with Crippen LogP contribution >= 0.6 is 11.3 Å². The highest BCUT2D eigenvalue weighted by Crippen LogP contribution is 2.28. The SMILES string of the molecule is Cc1cc(F)ccc1-c1ccc(CN2CCC(Cc3nc(C(=O)O)cs3)C2)o1. The lowest BCUT2D eigenvalue weighted by atomic mass is 10.1. The number of furan rings is 1. The summed E-state index contributed by atoms with van der Waals surface area (Å²) < 4.78 is 19.3. The average Bonchev–Trinajstić information content (AvgIpc) is 3.37. The number of halogens is 1. The lowest BCUT2D eigenvalue weighted by Gasteiger charge is -2.14. The molecule has 4 rings (SSSR count). The number of carbonyl (C=O) groups is 1. The molecule has 1 fully saturated rings. The summed E-state index contributed by atoms with van der Waals surface area (Å²) in [7, 11) is 0. The molecule has 1 aliphatic heterocycles. The van der Waals surface area contributed by atoms with Gasteiger partial charge >= 0.3 is 5.97 Å². The highest BCUT2D eigenvalue weighted by Gasteiger charge is 2.25. The van der Waals surface area contributed by atoms with Gasteiger partial charge in [0.25, 0.3) is 0 Å². The minimum atomic E-state index is -0.972. The summed E-state index contributed by atoms with van der Waals surface area (Å²) in [5, 5.41) is 11.5. The molecular formula is C21H21FN2O3S. The van der Waals surface area contributed by atoms with Gasteiger partial charge in [-0.15, -0.1) is 11.3 Å².